The first-order valence-electron chi connectivity index (χ1n) is 7.25. The van der Waals surface area contributed by atoms with Crippen molar-refractivity contribution >= 4 is 23.5 Å². The molecular weight excluding hydrogens is 328 g/mol. The van der Waals surface area contributed by atoms with Crippen molar-refractivity contribution in [1.82, 2.24) is 24.9 Å². The van der Waals surface area contributed by atoms with Crippen LogP contribution in [0.25, 0.3) is 11.4 Å². The van der Waals surface area contributed by atoms with Crippen LogP contribution in [-0.4, -0.2) is 36.1 Å². The van der Waals surface area contributed by atoms with Crippen LogP contribution in [0.4, 0.5) is 5.82 Å². The normalized spacial score (nSPS) is 12.1. The lowest BCUT2D eigenvalue weighted by atomic mass is 10.3. The van der Waals surface area contributed by atoms with E-state index in [0.29, 0.717) is 22.6 Å². The number of hydrogen-bond acceptors (Lipinski definition) is 7. The van der Waals surface area contributed by atoms with E-state index in [2.05, 4.69) is 25.7 Å². The smallest absolute Gasteiger partial charge is 0.238 e. The second kappa shape index (κ2) is 6.83. The summed E-state index contributed by atoms with van der Waals surface area (Å²) >= 11 is 1.32. The third-order valence-electron chi connectivity index (χ3n) is 3.29. The van der Waals surface area contributed by atoms with Crippen molar-refractivity contribution in [3.05, 3.63) is 36.4 Å². The summed E-state index contributed by atoms with van der Waals surface area (Å²) in [6, 6.07) is 5.42. The zero-order valence-corrected chi connectivity index (χ0v) is 14.2. The van der Waals surface area contributed by atoms with Crippen LogP contribution < -0.4 is 5.32 Å². The van der Waals surface area contributed by atoms with Crippen molar-refractivity contribution in [3.63, 3.8) is 0 Å². The highest BCUT2D eigenvalue weighted by Crippen LogP contribution is 2.25. The largest absolute Gasteiger partial charge is 0.360 e. The maximum absolute atomic E-state index is 12.2. The molecule has 0 bridgehead atoms. The average Bonchev–Trinajstić information content (AvgIpc) is 3.14. The molecule has 0 aliphatic heterocycles. The van der Waals surface area contributed by atoms with Crippen molar-refractivity contribution < 1.29 is 9.32 Å². The van der Waals surface area contributed by atoms with Gasteiger partial charge in [0.05, 0.1) is 5.25 Å². The predicted octanol–water partition coefficient (Wildman–Crippen LogP) is 2.29. The van der Waals surface area contributed by atoms with Gasteiger partial charge >= 0.3 is 0 Å². The standard InChI is InChI=1S/C15H16N6O2S/c1-9-7-12(20-23-9)17-14(22)10(2)24-15-19-18-13(21(15)3)11-5-4-6-16-8-11/h4-8,10H,1-3H3,(H,17,20,22). The molecule has 9 heteroatoms. The summed E-state index contributed by atoms with van der Waals surface area (Å²) in [5.74, 6) is 1.56. The molecule has 1 unspecified atom stereocenters. The van der Waals surface area contributed by atoms with E-state index in [1.807, 2.05) is 23.7 Å². The predicted molar refractivity (Wildman–Crippen MR) is 89.4 cm³/mol. The van der Waals surface area contributed by atoms with Gasteiger partial charge in [-0.2, -0.15) is 0 Å². The molecule has 3 rings (SSSR count). The molecule has 0 spiro atoms. The molecule has 0 saturated heterocycles. The molecule has 0 fully saturated rings. The van der Waals surface area contributed by atoms with Crippen LogP contribution in [0.3, 0.4) is 0 Å². The molecule has 3 aromatic heterocycles. The lowest BCUT2D eigenvalue weighted by molar-refractivity contribution is -0.115. The molecule has 0 aromatic carbocycles. The number of amides is 1. The summed E-state index contributed by atoms with van der Waals surface area (Å²) in [5, 5.41) is 15.1. The van der Waals surface area contributed by atoms with Crippen LogP contribution in [0.2, 0.25) is 0 Å². The molecule has 3 heterocycles. The van der Waals surface area contributed by atoms with E-state index < -0.39 is 0 Å². The van der Waals surface area contributed by atoms with Gasteiger partial charge in [0, 0.05) is 31.1 Å². The Labute approximate surface area is 142 Å². The third-order valence-corrected chi connectivity index (χ3v) is 4.42. The fraction of sp³-hybridized carbons (Fsp3) is 0.267. The van der Waals surface area contributed by atoms with Gasteiger partial charge in [0.15, 0.2) is 16.8 Å². The fourth-order valence-corrected chi connectivity index (χ4v) is 2.84. The van der Waals surface area contributed by atoms with E-state index in [-0.39, 0.29) is 11.2 Å². The maximum Gasteiger partial charge on any atom is 0.238 e. The van der Waals surface area contributed by atoms with Gasteiger partial charge in [-0.3, -0.25) is 9.78 Å². The highest BCUT2D eigenvalue weighted by Gasteiger charge is 2.20. The van der Waals surface area contributed by atoms with Crippen LogP contribution in [0, 0.1) is 6.92 Å². The van der Waals surface area contributed by atoms with Gasteiger partial charge in [0.1, 0.15) is 5.76 Å². The number of anilines is 1. The first kappa shape index (κ1) is 16.2. The van der Waals surface area contributed by atoms with E-state index in [9.17, 15) is 4.79 Å². The van der Waals surface area contributed by atoms with Gasteiger partial charge in [0.25, 0.3) is 0 Å². The second-order valence-electron chi connectivity index (χ2n) is 5.18. The van der Waals surface area contributed by atoms with Gasteiger partial charge in [-0.25, -0.2) is 0 Å². The summed E-state index contributed by atoms with van der Waals surface area (Å²) < 4.78 is 6.77. The number of thioether (sulfide) groups is 1. The molecule has 0 aliphatic rings. The van der Waals surface area contributed by atoms with Gasteiger partial charge in [-0.1, -0.05) is 16.9 Å². The number of pyridine rings is 1. The number of aryl methyl sites for hydroxylation is 1. The Bertz CT molecular complexity index is 845. The lowest BCUT2D eigenvalue weighted by Gasteiger charge is -2.10. The zero-order valence-electron chi connectivity index (χ0n) is 13.4. The molecular formula is C15H16N6O2S. The Morgan fingerprint density at radius 3 is 2.92 bits per heavy atom. The number of nitrogens with one attached hydrogen (secondary N) is 1. The summed E-state index contributed by atoms with van der Waals surface area (Å²) in [6.07, 6.45) is 3.43. The van der Waals surface area contributed by atoms with Crippen LogP contribution in [-0.2, 0) is 11.8 Å². The number of carbonyl (C=O) groups excluding carboxylic acids is 1. The minimum atomic E-state index is -0.369. The second-order valence-corrected chi connectivity index (χ2v) is 6.49. The highest BCUT2D eigenvalue weighted by atomic mass is 32.2. The molecule has 0 saturated carbocycles. The first-order valence-corrected chi connectivity index (χ1v) is 8.13. The molecule has 124 valence electrons. The molecule has 8 nitrogen and oxygen atoms in total. The number of rotatable bonds is 5. The molecule has 1 atom stereocenters. The van der Waals surface area contributed by atoms with E-state index in [4.69, 9.17) is 4.52 Å². The van der Waals surface area contributed by atoms with Crippen molar-refractivity contribution in [2.45, 2.75) is 24.3 Å². The van der Waals surface area contributed by atoms with E-state index in [0.717, 1.165) is 5.56 Å². The summed E-state index contributed by atoms with van der Waals surface area (Å²) in [7, 11) is 1.86. The Morgan fingerprint density at radius 2 is 2.25 bits per heavy atom. The molecule has 1 N–H and O–H groups in total. The molecule has 3 aromatic rings. The monoisotopic (exact) mass is 344 g/mol. The van der Waals surface area contributed by atoms with Gasteiger partial charge in [-0.05, 0) is 26.0 Å². The highest BCUT2D eigenvalue weighted by molar-refractivity contribution is 8.00. The summed E-state index contributed by atoms with van der Waals surface area (Å²) in [4.78, 5) is 16.3. The van der Waals surface area contributed by atoms with Gasteiger partial charge < -0.3 is 14.4 Å². The van der Waals surface area contributed by atoms with Crippen LogP contribution >= 0.6 is 11.8 Å². The van der Waals surface area contributed by atoms with Crippen LogP contribution in [0.15, 0.2) is 40.3 Å². The van der Waals surface area contributed by atoms with Crippen molar-refractivity contribution in [2.24, 2.45) is 7.05 Å². The Hall–Kier alpha value is -2.68. The van der Waals surface area contributed by atoms with Crippen molar-refractivity contribution in [3.8, 4) is 11.4 Å². The minimum Gasteiger partial charge on any atom is -0.360 e. The van der Waals surface area contributed by atoms with Gasteiger partial charge in [0.2, 0.25) is 5.91 Å². The molecule has 0 radical (unpaired) electrons. The number of nitrogens with zero attached hydrogens (tertiary/aromatic N) is 5. The molecule has 0 aliphatic carbocycles. The topological polar surface area (TPSA) is 98.7 Å². The lowest BCUT2D eigenvalue weighted by Crippen LogP contribution is -2.23. The van der Waals surface area contributed by atoms with Crippen LogP contribution in [0.5, 0.6) is 0 Å². The number of hydrogen-bond donors (Lipinski definition) is 1. The maximum atomic E-state index is 12.2. The van der Waals surface area contributed by atoms with Crippen LogP contribution in [0.1, 0.15) is 12.7 Å². The minimum absolute atomic E-state index is 0.181. The zero-order chi connectivity index (χ0) is 17.1. The molecule has 24 heavy (non-hydrogen) atoms. The van der Waals surface area contributed by atoms with E-state index in [1.165, 1.54) is 11.8 Å². The van der Waals surface area contributed by atoms with Crippen molar-refractivity contribution in [2.75, 3.05) is 5.32 Å². The average molecular weight is 344 g/mol. The summed E-state index contributed by atoms with van der Waals surface area (Å²) in [6.45, 7) is 3.56. The molecule has 1 amide bonds. The third kappa shape index (κ3) is 3.46. The Morgan fingerprint density at radius 1 is 1.42 bits per heavy atom. The van der Waals surface area contributed by atoms with E-state index >= 15 is 0 Å². The Kier molecular flexibility index (Phi) is 4.61. The summed E-state index contributed by atoms with van der Waals surface area (Å²) in [5.41, 5.74) is 0.870. The fourth-order valence-electron chi connectivity index (χ4n) is 2.03. The van der Waals surface area contributed by atoms with E-state index in [1.54, 1.807) is 32.3 Å². The number of aromatic nitrogens is 5. The first-order chi connectivity index (χ1) is 11.5. The quantitative estimate of drug-likeness (QED) is 0.709. The number of carbonyl (C=O) groups is 1. The SMILES string of the molecule is Cc1cc(NC(=O)C(C)Sc2nnc(-c3cccnc3)n2C)no1. The van der Waals surface area contributed by atoms with Crippen molar-refractivity contribution in [1.29, 1.82) is 0 Å². The Balaban J connectivity index is 1.69. The van der Waals surface area contributed by atoms with Gasteiger partial charge in [-0.15, -0.1) is 10.2 Å².